The molecule has 0 bridgehead atoms. The number of ether oxygens (including phenoxy) is 1. The molecule has 0 unspecified atom stereocenters. The van der Waals surface area contributed by atoms with Crippen LogP contribution in [0.4, 0.5) is 0 Å². The molecule has 1 aliphatic rings. The first kappa shape index (κ1) is 20.4. The Balaban J connectivity index is 1.91. The van der Waals surface area contributed by atoms with Crippen molar-refractivity contribution < 1.29 is 4.74 Å². The highest BCUT2D eigenvalue weighted by atomic mass is 32.2. The number of aromatic nitrogens is 2. The van der Waals surface area contributed by atoms with Crippen LogP contribution in [0.2, 0.25) is 0 Å². The van der Waals surface area contributed by atoms with Crippen LogP contribution < -0.4 is 0 Å². The van der Waals surface area contributed by atoms with Gasteiger partial charge in [-0.3, -0.25) is 0 Å². The van der Waals surface area contributed by atoms with Crippen molar-refractivity contribution in [2.45, 2.75) is 88.6 Å². The van der Waals surface area contributed by atoms with Crippen LogP contribution in [-0.2, 0) is 17.8 Å². The summed E-state index contributed by atoms with van der Waals surface area (Å²) in [5, 5.41) is 3.44. The van der Waals surface area contributed by atoms with Crippen LogP contribution >= 0.6 is 34.9 Å². The third-order valence-corrected chi connectivity index (χ3v) is 7.76. The third-order valence-electron chi connectivity index (χ3n) is 4.55. The summed E-state index contributed by atoms with van der Waals surface area (Å²) in [7, 11) is 0. The highest BCUT2D eigenvalue weighted by molar-refractivity contribution is 8.00. The van der Waals surface area contributed by atoms with E-state index in [-0.39, 0.29) is 5.60 Å². The molecule has 6 heteroatoms. The topological polar surface area (TPSA) is 35.0 Å². The van der Waals surface area contributed by atoms with E-state index in [1.54, 1.807) is 23.1 Å². The molecule has 0 N–H and O–H groups in total. The minimum absolute atomic E-state index is 0.0975. The molecule has 3 heterocycles. The largest absolute Gasteiger partial charge is 0.370 e. The van der Waals surface area contributed by atoms with Gasteiger partial charge in [-0.1, -0.05) is 44.9 Å². The summed E-state index contributed by atoms with van der Waals surface area (Å²) in [4.78, 5) is 12.4. The monoisotopic (exact) mass is 410 g/mol. The lowest BCUT2D eigenvalue weighted by Crippen LogP contribution is -2.31. The number of thiophene rings is 1. The average Bonchev–Trinajstić information content (AvgIpc) is 2.96. The van der Waals surface area contributed by atoms with Crippen LogP contribution in [0, 0.1) is 0 Å². The summed E-state index contributed by atoms with van der Waals surface area (Å²) >= 11 is 5.52. The Morgan fingerprint density at radius 1 is 1.04 bits per heavy atom. The van der Waals surface area contributed by atoms with Crippen molar-refractivity contribution in [2.24, 2.45) is 0 Å². The van der Waals surface area contributed by atoms with Gasteiger partial charge in [0.25, 0.3) is 0 Å². The van der Waals surface area contributed by atoms with E-state index in [0.717, 1.165) is 34.3 Å². The second-order valence-corrected chi connectivity index (χ2v) is 10.7. The minimum Gasteiger partial charge on any atom is -0.370 e. The molecule has 2 aromatic heterocycles. The van der Waals surface area contributed by atoms with Crippen molar-refractivity contribution in [3.05, 3.63) is 10.4 Å². The number of hydrogen-bond donors (Lipinski definition) is 0. The molecule has 0 atom stereocenters. The summed E-state index contributed by atoms with van der Waals surface area (Å²) in [5.74, 6) is 2.22. The molecular formula is C20H30N2OS3. The van der Waals surface area contributed by atoms with E-state index in [0.29, 0.717) is 6.61 Å². The molecule has 144 valence electrons. The predicted octanol–water partition coefficient (Wildman–Crippen LogP) is 6.72. The molecule has 0 saturated carbocycles. The Labute approximate surface area is 170 Å². The molecule has 0 aromatic carbocycles. The second kappa shape index (κ2) is 9.26. The number of rotatable bonds is 9. The smallest absolute Gasteiger partial charge is 0.190 e. The van der Waals surface area contributed by atoms with Gasteiger partial charge in [-0.2, -0.15) is 0 Å². The Morgan fingerprint density at radius 2 is 1.88 bits per heavy atom. The van der Waals surface area contributed by atoms with Crippen LogP contribution in [0.25, 0.3) is 10.2 Å². The van der Waals surface area contributed by atoms with E-state index in [1.807, 2.05) is 11.8 Å². The fourth-order valence-electron chi connectivity index (χ4n) is 3.15. The number of unbranched alkanes of at least 4 members (excludes halogenated alkanes) is 3. The first-order valence-corrected chi connectivity index (χ1v) is 12.5. The summed E-state index contributed by atoms with van der Waals surface area (Å²) in [6.07, 6.45) is 7.30. The molecule has 26 heavy (non-hydrogen) atoms. The maximum absolute atomic E-state index is 6.03. The number of hydrogen-bond acceptors (Lipinski definition) is 6. The summed E-state index contributed by atoms with van der Waals surface area (Å²) in [5.41, 5.74) is 1.34. The van der Waals surface area contributed by atoms with Gasteiger partial charge in [0.05, 0.1) is 12.2 Å². The van der Waals surface area contributed by atoms with Crippen LogP contribution in [0.1, 0.15) is 70.2 Å². The summed E-state index contributed by atoms with van der Waals surface area (Å²) < 4.78 is 6.03. The van der Waals surface area contributed by atoms with E-state index in [2.05, 4.69) is 27.7 Å². The van der Waals surface area contributed by atoms with Crippen LogP contribution in [0.5, 0.6) is 0 Å². The Hall–Kier alpha value is -0.300. The number of fused-ring (bicyclic) bond motifs is 3. The quantitative estimate of drug-likeness (QED) is 0.198. The van der Waals surface area contributed by atoms with E-state index in [1.165, 1.54) is 46.5 Å². The first-order chi connectivity index (χ1) is 12.5. The van der Waals surface area contributed by atoms with Gasteiger partial charge in [-0.05, 0) is 38.0 Å². The Bertz CT molecular complexity index is 742. The fraction of sp³-hybridized carbons (Fsp3) is 0.700. The van der Waals surface area contributed by atoms with Crippen molar-refractivity contribution >= 4 is 45.1 Å². The summed E-state index contributed by atoms with van der Waals surface area (Å²) in [6.45, 7) is 9.55. The summed E-state index contributed by atoms with van der Waals surface area (Å²) in [6, 6.07) is 0. The van der Waals surface area contributed by atoms with Crippen LogP contribution in [0.15, 0.2) is 10.2 Å². The molecule has 0 spiro atoms. The lowest BCUT2D eigenvalue weighted by Gasteiger charge is -2.30. The van der Waals surface area contributed by atoms with Gasteiger partial charge in [0, 0.05) is 22.4 Å². The molecule has 0 aliphatic carbocycles. The van der Waals surface area contributed by atoms with Gasteiger partial charge in [0.1, 0.15) is 9.86 Å². The lowest BCUT2D eigenvalue weighted by molar-refractivity contribution is -0.0379. The predicted molar refractivity (Wildman–Crippen MR) is 116 cm³/mol. The zero-order valence-electron chi connectivity index (χ0n) is 16.4. The molecule has 3 nitrogen and oxygen atoms in total. The maximum atomic E-state index is 6.03. The van der Waals surface area contributed by atoms with Crippen molar-refractivity contribution in [2.75, 3.05) is 11.5 Å². The SMILES string of the molecule is CCCCCCSc1nc(SCCC)nc2sc3c(c12)CC(C)(C)OC3. The highest BCUT2D eigenvalue weighted by Gasteiger charge is 2.31. The molecule has 3 rings (SSSR count). The van der Waals surface area contributed by atoms with Gasteiger partial charge in [0.15, 0.2) is 5.16 Å². The van der Waals surface area contributed by atoms with Crippen molar-refractivity contribution in [3.8, 4) is 0 Å². The van der Waals surface area contributed by atoms with Gasteiger partial charge < -0.3 is 4.74 Å². The zero-order chi connectivity index (χ0) is 18.6. The standard InChI is InChI=1S/C20H30N2OS3/c1-5-7-8-9-11-24-17-16-14-12-20(3,4)23-13-15(14)26-18(16)22-19(21-17)25-10-6-2/h5-13H2,1-4H3. The van der Waals surface area contributed by atoms with Crippen molar-refractivity contribution in [3.63, 3.8) is 0 Å². The first-order valence-electron chi connectivity index (χ1n) is 9.76. The van der Waals surface area contributed by atoms with E-state index in [9.17, 15) is 0 Å². The number of nitrogens with zero attached hydrogens (tertiary/aromatic N) is 2. The van der Waals surface area contributed by atoms with Crippen LogP contribution in [-0.4, -0.2) is 27.1 Å². The van der Waals surface area contributed by atoms with E-state index < -0.39 is 0 Å². The molecule has 0 amide bonds. The molecule has 2 aromatic rings. The van der Waals surface area contributed by atoms with Gasteiger partial charge in [-0.15, -0.1) is 23.1 Å². The number of thioether (sulfide) groups is 2. The molecule has 0 fully saturated rings. The zero-order valence-corrected chi connectivity index (χ0v) is 18.8. The lowest BCUT2D eigenvalue weighted by atomic mass is 9.95. The Kier molecular flexibility index (Phi) is 7.28. The molecule has 1 aliphatic heterocycles. The molecule has 0 radical (unpaired) electrons. The minimum atomic E-state index is -0.0975. The average molecular weight is 411 g/mol. The Morgan fingerprint density at radius 3 is 2.65 bits per heavy atom. The maximum Gasteiger partial charge on any atom is 0.190 e. The molecule has 0 saturated heterocycles. The highest BCUT2D eigenvalue weighted by Crippen LogP contribution is 2.42. The van der Waals surface area contributed by atoms with Gasteiger partial charge in [0.2, 0.25) is 0 Å². The van der Waals surface area contributed by atoms with Crippen molar-refractivity contribution in [1.29, 1.82) is 0 Å². The van der Waals surface area contributed by atoms with Crippen molar-refractivity contribution in [1.82, 2.24) is 9.97 Å². The van der Waals surface area contributed by atoms with E-state index >= 15 is 0 Å². The van der Waals surface area contributed by atoms with E-state index in [4.69, 9.17) is 14.7 Å². The third kappa shape index (κ3) is 4.94. The van der Waals surface area contributed by atoms with Gasteiger partial charge in [-0.25, -0.2) is 9.97 Å². The van der Waals surface area contributed by atoms with Gasteiger partial charge >= 0.3 is 0 Å². The van der Waals surface area contributed by atoms with Crippen LogP contribution in [0.3, 0.4) is 0 Å². The normalized spacial score (nSPS) is 16.2. The fourth-order valence-corrected chi connectivity index (χ4v) is 6.19. The molecular weight excluding hydrogens is 380 g/mol. The second-order valence-electron chi connectivity index (χ2n) is 7.48.